The molecule has 4 heteroatoms. The maximum atomic E-state index is 6.33. The van der Waals surface area contributed by atoms with Crippen molar-refractivity contribution in [2.45, 2.75) is 38.9 Å². The highest BCUT2D eigenvalue weighted by molar-refractivity contribution is 6.62. The molecule has 0 aliphatic carbocycles. The Balaban J connectivity index is 1.20. The van der Waals surface area contributed by atoms with Gasteiger partial charge in [0.1, 0.15) is 0 Å². The van der Waals surface area contributed by atoms with E-state index in [1.54, 1.807) is 0 Å². The van der Waals surface area contributed by atoms with Gasteiger partial charge in [0.25, 0.3) is 0 Å². The molecular formula is C38H32BNO2. The largest absolute Gasteiger partial charge is 0.494 e. The van der Waals surface area contributed by atoms with Crippen LogP contribution in [-0.4, -0.2) is 22.9 Å². The van der Waals surface area contributed by atoms with Crippen LogP contribution in [0.15, 0.2) is 121 Å². The highest BCUT2D eigenvalue weighted by atomic mass is 16.7. The van der Waals surface area contributed by atoms with Crippen LogP contribution in [-0.2, 0) is 9.31 Å². The number of aromatic nitrogens is 1. The van der Waals surface area contributed by atoms with Crippen LogP contribution in [0.3, 0.4) is 0 Å². The van der Waals surface area contributed by atoms with E-state index in [4.69, 9.17) is 9.31 Å². The molecule has 0 bridgehead atoms. The molecule has 6 aromatic carbocycles. The van der Waals surface area contributed by atoms with Gasteiger partial charge in [0, 0.05) is 21.8 Å². The minimum Gasteiger partial charge on any atom is -0.399 e. The highest BCUT2D eigenvalue weighted by Crippen LogP contribution is 2.38. The molecule has 0 radical (unpaired) electrons. The third-order valence-electron chi connectivity index (χ3n) is 9.41. The van der Waals surface area contributed by atoms with Crippen LogP contribution in [0.2, 0.25) is 0 Å². The Morgan fingerprint density at radius 2 is 1.17 bits per heavy atom. The quantitative estimate of drug-likeness (QED) is 0.207. The molecule has 1 aromatic heterocycles. The van der Waals surface area contributed by atoms with Gasteiger partial charge in [0.05, 0.1) is 22.2 Å². The van der Waals surface area contributed by atoms with Gasteiger partial charge in [-0.3, -0.25) is 0 Å². The second-order valence-electron chi connectivity index (χ2n) is 12.5. The summed E-state index contributed by atoms with van der Waals surface area (Å²) in [6, 6.07) is 44.0. The number of benzene rings is 6. The van der Waals surface area contributed by atoms with Gasteiger partial charge in [-0.1, -0.05) is 97.1 Å². The minimum absolute atomic E-state index is 0.362. The molecule has 204 valence electrons. The molecule has 42 heavy (non-hydrogen) atoms. The fourth-order valence-electron chi connectivity index (χ4n) is 6.37. The molecule has 1 aliphatic heterocycles. The molecule has 1 aliphatic rings. The first-order valence-electron chi connectivity index (χ1n) is 14.7. The van der Waals surface area contributed by atoms with Crippen molar-refractivity contribution >= 4 is 55.9 Å². The highest BCUT2D eigenvalue weighted by Gasteiger charge is 2.51. The molecule has 0 unspecified atom stereocenters. The van der Waals surface area contributed by atoms with Gasteiger partial charge >= 0.3 is 7.12 Å². The molecule has 2 heterocycles. The van der Waals surface area contributed by atoms with Gasteiger partial charge in [-0.2, -0.15) is 0 Å². The standard InChI is InChI=1S/C38H32BNO2/c1-37(2)38(3,4)42-39(41-37)30-19-15-26-13-14-28(23-29(26)24-30)25-16-20-31(21-17-25)40-35-12-8-7-11-33(35)34-22-18-27-9-5-6-10-32(27)36(34)40/h5-24H,1-4H3. The van der Waals surface area contributed by atoms with Gasteiger partial charge in [-0.05, 0) is 84.7 Å². The molecule has 1 fully saturated rings. The summed E-state index contributed by atoms with van der Waals surface area (Å²) in [7, 11) is -0.371. The normalized spacial score (nSPS) is 16.2. The fraction of sp³-hybridized carbons (Fsp3) is 0.158. The first-order chi connectivity index (χ1) is 20.3. The Morgan fingerprint density at radius 3 is 1.95 bits per heavy atom. The van der Waals surface area contributed by atoms with Crippen LogP contribution in [0.4, 0.5) is 0 Å². The summed E-state index contributed by atoms with van der Waals surface area (Å²) in [5, 5.41) is 7.45. The van der Waals surface area contributed by atoms with Crippen molar-refractivity contribution in [3.8, 4) is 16.8 Å². The summed E-state index contributed by atoms with van der Waals surface area (Å²) in [6.45, 7) is 8.38. The van der Waals surface area contributed by atoms with E-state index >= 15 is 0 Å². The van der Waals surface area contributed by atoms with Crippen molar-refractivity contribution < 1.29 is 9.31 Å². The maximum Gasteiger partial charge on any atom is 0.494 e. The molecule has 1 saturated heterocycles. The van der Waals surface area contributed by atoms with Crippen LogP contribution in [0.5, 0.6) is 0 Å². The summed E-state index contributed by atoms with van der Waals surface area (Å²) in [5.41, 5.74) is 6.33. The van der Waals surface area contributed by atoms with E-state index in [0.717, 1.165) is 11.2 Å². The topological polar surface area (TPSA) is 23.4 Å². The average molecular weight is 545 g/mol. The van der Waals surface area contributed by atoms with Crippen LogP contribution in [0, 0.1) is 0 Å². The number of fused-ring (bicyclic) bond motifs is 6. The number of para-hydroxylation sites is 1. The molecule has 0 atom stereocenters. The Kier molecular flexibility index (Phi) is 5.47. The maximum absolute atomic E-state index is 6.33. The monoisotopic (exact) mass is 545 g/mol. The number of hydrogen-bond acceptors (Lipinski definition) is 2. The van der Waals surface area contributed by atoms with E-state index in [1.807, 2.05) is 0 Å². The lowest BCUT2D eigenvalue weighted by Gasteiger charge is -2.32. The van der Waals surface area contributed by atoms with Crippen LogP contribution >= 0.6 is 0 Å². The van der Waals surface area contributed by atoms with E-state index in [1.165, 1.54) is 54.5 Å². The zero-order valence-corrected chi connectivity index (χ0v) is 24.4. The summed E-state index contributed by atoms with van der Waals surface area (Å²) in [6.07, 6.45) is 0. The molecule has 0 amide bonds. The third-order valence-corrected chi connectivity index (χ3v) is 9.41. The number of hydrogen-bond donors (Lipinski definition) is 0. The Hall–Kier alpha value is -4.38. The van der Waals surface area contributed by atoms with Gasteiger partial charge < -0.3 is 13.9 Å². The number of nitrogens with zero attached hydrogens (tertiary/aromatic N) is 1. The van der Waals surface area contributed by atoms with Gasteiger partial charge in [0.2, 0.25) is 0 Å². The Morgan fingerprint density at radius 1 is 0.524 bits per heavy atom. The lowest BCUT2D eigenvalue weighted by molar-refractivity contribution is 0.00578. The molecule has 8 rings (SSSR count). The van der Waals surface area contributed by atoms with Crippen LogP contribution in [0.1, 0.15) is 27.7 Å². The second kappa shape index (κ2) is 9.06. The molecular weight excluding hydrogens is 513 g/mol. The lowest BCUT2D eigenvalue weighted by atomic mass is 9.78. The predicted octanol–water partition coefficient (Wildman–Crippen LogP) is 9.06. The zero-order chi connectivity index (χ0) is 28.6. The van der Waals surface area contributed by atoms with Crippen molar-refractivity contribution in [3.63, 3.8) is 0 Å². The SMILES string of the molecule is CC1(C)OB(c2ccc3ccc(-c4ccc(-n5c6ccccc6c6ccc7ccccc7c65)cc4)cc3c2)OC1(C)C. The van der Waals surface area contributed by atoms with Crippen LogP contribution < -0.4 is 5.46 Å². The van der Waals surface area contributed by atoms with Gasteiger partial charge in [-0.25, -0.2) is 0 Å². The molecule has 0 spiro atoms. The average Bonchev–Trinajstić information content (AvgIpc) is 3.46. The summed E-state index contributed by atoms with van der Waals surface area (Å²) in [5.74, 6) is 0. The van der Waals surface area contributed by atoms with Crippen molar-refractivity contribution in [1.82, 2.24) is 4.57 Å². The number of rotatable bonds is 3. The van der Waals surface area contributed by atoms with Crippen LogP contribution in [0.25, 0.3) is 60.2 Å². The second-order valence-corrected chi connectivity index (χ2v) is 12.5. The predicted molar refractivity (Wildman–Crippen MR) is 177 cm³/mol. The van der Waals surface area contributed by atoms with E-state index in [0.29, 0.717) is 0 Å². The third kappa shape index (κ3) is 3.83. The van der Waals surface area contributed by atoms with E-state index in [9.17, 15) is 0 Å². The van der Waals surface area contributed by atoms with Crippen molar-refractivity contribution in [3.05, 3.63) is 121 Å². The van der Waals surface area contributed by atoms with Crippen molar-refractivity contribution in [2.75, 3.05) is 0 Å². The minimum atomic E-state index is -0.371. The Bertz CT molecular complexity index is 2140. The van der Waals surface area contributed by atoms with E-state index in [2.05, 4.69) is 154 Å². The molecule has 0 N–H and O–H groups in total. The zero-order valence-electron chi connectivity index (χ0n) is 24.4. The lowest BCUT2D eigenvalue weighted by Crippen LogP contribution is -2.41. The molecule has 0 saturated carbocycles. The Labute approximate surface area is 246 Å². The van der Waals surface area contributed by atoms with Crippen molar-refractivity contribution in [2.24, 2.45) is 0 Å². The van der Waals surface area contributed by atoms with Gasteiger partial charge in [0.15, 0.2) is 0 Å². The molecule has 3 nitrogen and oxygen atoms in total. The summed E-state index contributed by atoms with van der Waals surface area (Å²) >= 11 is 0. The first-order valence-corrected chi connectivity index (χ1v) is 14.7. The summed E-state index contributed by atoms with van der Waals surface area (Å²) < 4.78 is 15.1. The smallest absolute Gasteiger partial charge is 0.399 e. The van der Waals surface area contributed by atoms with E-state index in [-0.39, 0.29) is 18.3 Å². The summed E-state index contributed by atoms with van der Waals surface area (Å²) in [4.78, 5) is 0. The van der Waals surface area contributed by atoms with Crippen molar-refractivity contribution in [1.29, 1.82) is 0 Å². The van der Waals surface area contributed by atoms with Gasteiger partial charge in [-0.15, -0.1) is 0 Å². The molecule has 7 aromatic rings. The fourth-order valence-corrected chi connectivity index (χ4v) is 6.37. The van der Waals surface area contributed by atoms with E-state index < -0.39 is 0 Å². The first kappa shape index (κ1) is 25.3.